The van der Waals surface area contributed by atoms with Crippen molar-refractivity contribution in [1.82, 2.24) is 25.4 Å². The van der Waals surface area contributed by atoms with Gasteiger partial charge in [0.05, 0.1) is 25.6 Å². The summed E-state index contributed by atoms with van der Waals surface area (Å²) in [5, 5.41) is 29.0. The van der Waals surface area contributed by atoms with Crippen LogP contribution in [-0.2, 0) is 14.4 Å². The average Bonchev–Trinajstić information content (AvgIpc) is 3.61. The molecule has 0 spiro atoms. The van der Waals surface area contributed by atoms with Crippen LogP contribution in [0.25, 0.3) is 0 Å². The molecule has 5 rings (SSSR count). The largest absolute Gasteiger partial charge is 0.508 e. The molecule has 0 bridgehead atoms. The standard InChI is InChI=1S/C25H26N6O8S/c1-25(2)18(22(35)36)31-20(34)17(21(31)40-25)27-19(33)16(13-5-7-14(32)8-6-13)28-23(37)29-9-10-30(24(29)38)26-12-15-4-3-11-39-15/h3-8,11-12,16-18,21,32H,9-10H2,1-2H3,(H,27,33)(H,28,37)(H,35,36)/b26-12-/t16-,17-,18+,21-/m1/s1. The first-order valence-electron chi connectivity index (χ1n) is 12.3. The number of thioether (sulfide) groups is 1. The van der Waals surface area contributed by atoms with Crippen molar-refractivity contribution in [1.29, 1.82) is 0 Å². The van der Waals surface area contributed by atoms with E-state index in [-0.39, 0.29) is 24.4 Å². The molecule has 4 heterocycles. The molecule has 0 radical (unpaired) electrons. The number of nitrogens with zero attached hydrogens (tertiary/aromatic N) is 4. The van der Waals surface area contributed by atoms with Gasteiger partial charge in [-0.15, -0.1) is 11.8 Å². The number of aromatic hydroxyl groups is 1. The molecule has 0 unspecified atom stereocenters. The molecule has 4 N–H and O–H groups in total. The van der Waals surface area contributed by atoms with E-state index in [4.69, 9.17) is 4.42 Å². The lowest BCUT2D eigenvalue weighted by Crippen LogP contribution is -2.71. The molecule has 3 fully saturated rings. The summed E-state index contributed by atoms with van der Waals surface area (Å²) in [5.74, 6) is -2.07. The summed E-state index contributed by atoms with van der Waals surface area (Å²) in [6, 6.07) is 3.86. The topological polar surface area (TPSA) is 185 Å². The first-order valence-corrected chi connectivity index (χ1v) is 13.1. The highest BCUT2D eigenvalue weighted by Gasteiger charge is 2.64. The molecule has 14 nitrogen and oxygen atoms in total. The number of nitrogens with one attached hydrogen (secondary N) is 2. The number of carbonyl (C=O) groups excluding carboxylic acids is 4. The van der Waals surface area contributed by atoms with Crippen LogP contribution >= 0.6 is 11.8 Å². The van der Waals surface area contributed by atoms with Gasteiger partial charge in [-0.05, 0) is 43.7 Å². The zero-order chi connectivity index (χ0) is 28.8. The highest BCUT2D eigenvalue weighted by atomic mass is 32.2. The van der Waals surface area contributed by atoms with Crippen LogP contribution < -0.4 is 10.6 Å². The predicted molar refractivity (Wildman–Crippen MR) is 140 cm³/mol. The van der Waals surface area contributed by atoms with Gasteiger partial charge in [0.1, 0.15) is 35.0 Å². The van der Waals surface area contributed by atoms with E-state index in [0.717, 1.165) is 9.91 Å². The summed E-state index contributed by atoms with van der Waals surface area (Å²) < 4.78 is 4.37. The number of furan rings is 1. The summed E-state index contributed by atoms with van der Waals surface area (Å²) in [6.07, 6.45) is 2.79. The van der Waals surface area contributed by atoms with Crippen molar-refractivity contribution >= 4 is 47.8 Å². The first-order chi connectivity index (χ1) is 19.0. The van der Waals surface area contributed by atoms with Crippen molar-refractivity contribution in [2.24, 2.45) is 5.10 Å². The van der Waals surface area contributed by atoms with Gasteiger partial charge in [-0.25, -0.2) is 24.3 Å². The minimum Gasteiger partial charge on any atom is -0.508 e. The van der Waals surface area contributed by atoms with Crippen LogP contribution in [0.5, 0.6) is 5.75 Å². The Morgan fingerprint density at radius 3 is 2.55 bits per heavy atom. The van der Waals surface area contributed by atoms with Crippen LogP contribution in [0, 0.1) is 0 Å². The number of fused-ring (bicyclic) bond motifs is 1. The van der Waals surface area contributed by atoms with Crippen LogP contribution in [0.4, 0.5) is 9.59 Å². The third kappa shape index (κ3) is 4.83. The van der Waals surface area contributed by atoms with Crippen LogP contribution in [-0.4, -0.2) is 96.4 Å². The quantitative estimate of drug-likeness (QED) is 0.280. The number of benzene rings is 1. The molecule has 4 atom stereocenters. The Morgan fingerprint density at radius 2 is 1.90 bits per heavy atom. The molecule has 0 saturated carbocycles. The van der Waals surface area contributed by atoms with Crippen molar-refractivity contribution in [2.75, 3.05) is 13.1 Å². The van der Waals surface area contributed by atoms with E-state index in [1.54, 1.807) is 26.0 Å². The summed E-state index contributed by atoms with van der Waals surface area (Å²) in [5.41, 5.74) is 0.287. The minimum atomic E-state index is -1.34. The molecule has 210 valence electrons. The second-order valence-electron chi connectivity index (χ2n) is 9.88. The van der Waals surface area contributed by atoms with Gasteiger partial charge in [-0.1, -0.05) is 12.1 Å². The van der Waals surface area contributed by atoms with Gasteiger partial charge in [0.2, 0.25) is 11.8 Å². The van der Waals surface area contributed by atoms with Crippen molar-refractivity contribution in [3.8, 4) is 5.75 Å². The van der Waals surface area contributed by atoms with Gasteiger partial charge < -0.3 is 30.2 Å². The molecular weight excluding hydrogens is 544 g/mol. The normalized spacial score (nSPS) is 24.1. The smallest absolute Gasteiger partial charge is 0.348 e. The monoisotopic (exact) mass is 570 g/mol. The molecule has 15 heteroatoms. The Balaban J connectivity index is 1.30. The average molecular weight is 571 g/mol. The number of urea groups is 2. The maximum Gasteiger partial charge on any atom is 0.348 e. The number of aliphatic carboxylic acids is 1. The van der Waals surface area contributed by atoms with E-state index < -0.39 is 58.1 Å². The molecule has 2 aromatic rings. The fourth-order valence-corrected chi connectivity index (χ4v) is 6.49. The SMILES string of the molecule is CC1(C)S[C@@H]2[C@H](NC(=O)[C@H](NC(=O)N3CCN(/N=C\c4ccco4)C3=O)c3ccc(O)cc3)C(=O)N2[C@H]1C(=O)O. The number of carbonyl (C=O) groups is 5. The van der Waals surface area contributed by atoms with Gasteiger partial charge >= 0.3 is 18.0 Å². The lowest BCUT2D eigenvalue weighted by atomic mass is 9.95. The molecular formula is C25H26N6O8S. The van der Waals surface area contributed by atoms with Gasteiger partial charge in [-0.2, -0.15) is 5.10 Å². The number of hydrazone groups is 1. The molecule has 40 heavy (non-hydrogen) atoms. The summed E-state index contributed by atoms with van der Waals surface area (Å²) in [4.78, 5) is 66.2. The fourth-order valence-electron chi connectivity index (χ4n) is 4.86. The Morgan fingerprint density at radius 1 is 1.18 bits per heavy atom. The number of phenols is 1. The summed E-state index contributed by atoms with van der Waals surface area (Å²) in [6.45, 7) is 3.56. The number of carboxylic acids is 1. The second-order valence-corrected chi connectivity index (χ2v) is 11.6. The second kappa shape index (κ2) is 10.2. The fraction of sp³-hybridized carbons (Fsp3) is 0.360. The van der Waals surface area contributed by atoms with E-state index in [1.807, 2.05) is 0 Å². The number of phenolic OH excluding ortho intramolecular Hbond substituents is 1. The number of hydrogen-bond donors (Lipinski definition) is 4. The number of amides is 6. The molecule has 3 saturated heterocycles. The minimum absolute atomic E-state index is 0.00449. The zero-order valence-corrected chi connectivity index (χ0v) is 22.2. The maximum absolute atomic E-state index is 13.4. The van der Waals surface area contributed by atoms with Crippen LogP contribution in [0.1, 0.15) is 31.2 Å². The molecule has 6 amide bonds. The highest BCUT2D eigenvalue weighted by Crippen LogP contribution is 2.50. The highest BCUT2D eigenvalue weighted by molar-refractivity contribution is 8.01. The van der Waals surface area contributed by atoms with E-state index in [1.165, 1.54) is 53.4 Å². The van der Waals surface area contributed by atoms with E-state index in [0.29, 0.717) is 5.76 Å². The van der Waals surface area contributed by atoms with Crippen molar-refractivity contribution < 1.29 is 38.6 Å². The Bertz CT molecular complexity index is 1380. The molecule has 1 aromatic carbocycles. The van der Waals surface area contributed by atoms with Gasteiger partial charge in [-0.3, -0.25) is 9.59 Å². The van der Waals surface area contributed by atoms with Crippen molar-refractivity contribution in [3.05, 3.63) is 54.0 Å². The van der Waals surface area contributed by atoms with Gasteiger partial charge in [0.25, 0.3) is 0 Å². The Hall–Kier alpha value is -4.53. The summed E-state index contributed by atoms with van der Waals surface area (Å²) >= 11 is 1.27. The van der Waals surface area contributed by atoms with E-state index in [2.05, 4.69) is 15.7 Å². The zero-order valence-electron chi connectivity index (χ0n) is 21.4. The van der Waals surface area contributed by atoms with Crippen LogP contribution in [0.2, 0.25) is 0 Å². The number of hydrogen-bond acceptors (Lipinski definition) is 9. The molecule has 3 aliphatic rings. The van der Waals surface area contributed by atoms with Gasteiger partial charge in [0.15, 0.2) is 0 Å². The van der Waals surface area contributed by atoms with Crippen LogP contribution in [0.3, 0.4) is 0 Å². The number of β-lactam (4-membered cyclic amide) rings is 1. The number of rotatable bonds is 7. The first kappa shape index (κ1) is 27.1. The molecule has 0 aliphatic carbocycles. The lowest BCUT2D eigenvalue weighted by molar-refractivity contribution is -0.161. The van der Waals surface area contributed by atoms with Crippen LogP contribution in [0.15, 0.2) is 52.2 Å². The van der Waals surface area contributed by atoms with Gasteiger partial charge in [0, 0.05) is 4.75 Å². The van der Waals surface area contributed by atoms with Crippen molar-refractivity contribution in [2.45, 2.75) is 42.1 Å². The van der Waals surface area contributed by atoms with E-state index in [9.17, 15) is 34.2 Å². The van der Waals surface area contributed by atoms with Crippen molar-refractivity contribution in [3.63, 3.8) is 0 Å². The third-order valence-corrected chi connectivity index (χ3v) is 8.40. The number of imide groups is 1. The molecule has 1 aromatic heterocycles. The Kier molecular flexibility index (Phi) is 6.91. The van der Waals surface area contributed by atoms with E-state index >= 15 is 0 Å². The lowest BCUT2D eigenvalue weighted by Gasteiger charge is -2.44. The number of carboxylic acid groups (broad SMARTS) is 1. The predicted octanol–water partition coefficient (Wildman–Crippen LogP) is 1.14. The third-order valence-electron chi connectivity index (χ3n) is 6.83. The summed E-state index contributed by atoms with van der Waals surface area (Å²) in [7, 11) is 0. The molecule has 3 aliphatic heterocycles. The maximum atomic E-state index is 13.4. The Labute approximate surface area is 232 Å².